The Hall–Kier alpha value is -2.91. The summed E-state index contributed by atoms with van der Waals surface area (Å²) in [7, 11) is 0. The lowest BCUT2D eigenvalue weighted by atomic mass is 10.00. The molecule has 0 fully saturated rings. The molecule has 3 rings (SSSR count). The number of benzene rings is 3. The fourth-order valence-electron chi connectivity index (χ4n) is 6.04. The zero-order valence-corrected chi connectivity index (χ0v) is 29.4. The molecule has 0 saturated carbocycles. The first-order valence-electron chi connectivity index (χ1n) is 18.7. The van der Waals surface area contributed by atoms with Crippen molar-refractivity contribution < 1.29 is 14.3 Å². The van der Waals surface area contributed by atoms with Gasteiger partial charge in [-0.1, -0.05) is 165 Å². The Balaban J connectivity index is 1.31. The van der Waals surface area contributed by atoms with Gasteiger partial charge in [0.15, 0.2) is 0 Å². The summed E-state index contributed by atoms with van der Waals surface area (Å²) in [5.74, 6) is 0.201. The van der Waals surface area contributed by atoms with E-state index in [0.717, 1.165) is 30.6 Å². The van der Waals surface area contributed by atoms with Gasteiger partial charge in [-0.2, -0.15) is 0 Å². The molecule has 0 radical (unpaired) electrons. The lowest BCUT2D eigenvalue weighted by Gasteiger charge is -2.14. The van der Waals surface area contributed by atoms with Crippen molar-refractivity contribution in [2.75, 3.05) is 6.61 Å². The Kier molecular flexibility index (Phi) is 19.1. The maximum atomic E-state index is 12.8. The van der Waals surface area contributed by atoms with Gasteiger partial charge in [0, 0.05) is 6.61 Å². The van der Waals surface area contributed by atoms with Crippen LogP contribution in [0.3, 0.4) is 0 Å². The quantitative estimate of drug-likeness (QED) is 0.0533. The van der Waals surface area contributed by atoms with Gasteiger partial charge in [0.1, 0.15) is 5.75 Å². The molecule has 3 heteroatoms. The summed E-state index contributed by atoms with van der Waals surface area (Å²) in [6.45, 7) is 7.37. The van der Waals surface area contributed by atoms with E-state index in [4.69, 9.17) is 9.47 Å². The first kappa shape index (κ1) is 37.5. The third kappa shape index (κ3) is 15.1. The molecule has 3 nitrogen and oxygen atoms in total. The molecule has 0 aliphatic heterocycles. The monoisotopic (exact) mass is 626 g/mol. The van der Waals surface area contributed by atoms with Crippen LogP contribution >= 0.6 is 0 Å². The van der Waals surface area contributed by atoms with Gasteiger partial charge < -0.3 is 9.47 Å². The summed E-state index contributed by atoms with van der Waals surface area (Å²) in [5.41, 5.74) is 5.32. The highest BCUT2D eigenvalue weighted by atomic mass is 16.5. The summed E-state index contributed by atoms with van der Waals surface area (Å²) < 4.78 is 11.6. The number of esters is 1. The second-order valence-corrected chi connectivity index (χ2v) is 13.2. The highest BCUT2D eigenvalue weighted by Gasteiger charge is 2.11. The average Bonchev–Trinajstić information content (AvgIpc) is 3.09. The third-order valence-electron chi connectivity index (χ3n) is 9.15. The molecule has 0 aliphatic carbocycles. The second kappa shape index (κ2) is 23.4. The number of carbonyl (C=O) groups is 1. The zero-order valence-electron chi connectivity index (χ0n) is 29.4. The fourth-order valence-corrected chi connectivity index (χ4v) is 6.04. The summed E-state index contributed by atoms with van der Waals surface area (Å²) >= 11 is 0. The van der Waals surface area contributed by atoms with Gasteiger partial charge in [0.25, 0.3) is 0 Å². The molecule has 0 heterocycles. The van der Waals surface area contributed by atoms with Crippen LogP contribution in [0.1, 0.15) is 164 Å². The van der Waals surface area contributed by atoms with E-state index in [1.807, 2.05) is 48.5 Å². The Morgan fingerprint density at radius 2 is 1.00 bits per heavy atom. The van der Waals surface area contributed by atoms with Gasteiger partial charge in [0.05, 0.1) is 11.7 Å². The standard InChI is InChI=1S/C43H62O3/c1-4-6-8-10-11-12-13-14-15-16-17-18-20-22-37-23-25-39(26-24-37)40-27-29-41(30-28-40)43(44)46-42-33-31-38(32-34-42)36(3)45-35-21-19-9-7-5-2/h23-34,36H,4-22,35H2,1-3H3. The van der Waals surface area contributed by atoms with E-state index in [-0.39, 0.29) is 12.1 Å². The molecule has 0 bridgehead atoms. The summed E-state index contributed by atoms with van der Waals surface area (Å²) in [4.78, 5) is 12.8. The van der Waals surface area contributed by atoms with Crippen LogP contribution in [0.4, 0.5) is 0 Å². The number of hydrogen-bond acceptors (Lipinski definition) is 3. The molecule has 0 aromatic heterocycles. The summed E-state index contributed by atoms with van der Waals surface area (Å²) in [6.07, 6.45) is 25.4. The van der Waals surface area contributed by atoms with Crippen molar-refractivity contribution in [2.24, 2.45) is 0 Å². The first-order chi connectivity index (χ1) is 22.6. The highest BCUT2D eigenvalue weighted by molar-refractivity contribution is 5.91. The summed E-state index contributed by atoms with van der Waals surface area (Å²) in [6, 6.07) is 24.3. The number of unbranched alkanes of at least 4 members (excludes halogenated alkanes) is 16. The lowest BCUT2D eigenvalue weighted by molar-refractivity contribution is 0.0627. The molecule has 0 saturated heterocycles. The van der Waals surface area contributed by atoms with Crippen molar-refractivity contribution >= 4 is 5.97 Å². The third-order valence-corrected chi connectivity index (χ3v) is 9.15. The molecule has 0 aliphatic rings. The number of carbonyl (C=O) groups excluding carboxylic acids is 1. The Morgan fingerprint density at radius 1 is 0.543 bits per heavy atom. The van der Waals surface area contributed by atoms with Gasteiger partial charge in [0.2, 0.25) is 0 Å². The van der Waals surface area contributed by atoms with E-state index < -0.39 is 0 Å². The first-order valence-corrected chi connectivity index (χ1v) is 18.7. The Morgan fingerprint density at radius 3 is 1.52 bits per heavy atom. The maximum absolute atomic E-state index is 12.8. The predicted molar refractivity (Wildman–Crippen MR) is 196 cm³/mol. The normalized spacial score (nSPS) is 11.9. The van der Waals surface area contributed by atoms with Crippen molar-refractivity contribution in [2.45, 2.75) is 149 Å². The van der Waals surface area contributed by atoms with Crippen LogP contribution in [0.25, 0.3) is 11.1 Å². The molecule has 0 N–H and O–H groups in total. The Bertz CT molecular complexity index is 1180. The molecule has 1 atom stereocenters. The number of hydrogen-bond donors (Lipinski definition) is 0. The van der Waals surface area contributed by atoms with Gasteiger partial charge in [-0.25, -0.2) is 4.79 Å². The second-order valence-electron chi connectivity index (χ2n) is 13.2. The molecule has 1 unspecified atom stereocenters. The van der Waals surface area contributed by atoms with Crippen LogP contribution < -0.4 is 4.74 Å². The van der Waals surface area contributed by atoms with E-state index in [1.54, 1.807) is 0 Å². The molecule has 3 aromatic rings. The van der Waals surface area contributed by atoms with Crippen molar-refractivity contribution in [1.82, 2.24) is 0 Å². The van der Waals surface area contributed by atoms with Crippen LogP contribution in [0.2, 0.25) is 0 Å². The number of rotatable bonds is 25. The largest absolute Gasteiger partial charge is 0.423 e. The van der Waals surface area contributed by atoms with E-state index >= 15 is 0 Å². The molecule has 252 valence electrons. The smallest absolute Gasteiger partial charge is 0.343 e. The molecule has 0 spiro atoms. The average molecular weight is 627 g/mol. The van der Waals surface area contributed by atoms with Crippen molar-refractivity contribution in [3.63, 3.8) is 0 Å². The van der Waals surface area contributed by atoms with Gasteiger partial charge in [-0.15, -0.1) is 0 Å². The minimum absolute atomic E-state index is 0.0248. The zero-order chi connectivity index (χ0) is 32.7. The van der Waals surface area contributed by atoms with Crippen molar-refractivity contribution in [1.29, 1.82) is 0 Å². The van der Waals surface area contributed by atoms with Crippen molar-refractivity contribution in [3.05, 3.63) is 89.5 Å². The molecule has 46 heavy (non-hydrogen) atoms. The van der Waals surface area contributed by atoms with Gasteiger partial charge in [-0.3, -0.25) is 0 Å². The predicted octanol–water partition coefficient (Wildman–Crippen LogP) is 13.3. The Labute approximate surface area is 281 Å². The minimum atomic E-state index is -0.344. The summed E-state index contributed by atoms with van der Waals surface area (Å²) in [5, 5.41) is 0. The van der Waals surface area contributed by atoms with Crippen LogP contribution in [0, 0.1) is 0 Å². The van der Waals surface area contributed by atoms with E-state index in [1.165, 1.54) is 120 Å². The van der Waals surface area contributed by atoms with E-state index in [0.29, 0.717) is 11.3 Å². The maximum Gasteiger partial charge on any atom is 0.343 e. The van der Waals surface area contributed by atoms with Crippen LogP contribution in [-0.2, 0) is 11.2 Å². The minimum Gasteiger partial charge on any atom is -0.423 e. The molecule has 3 aromatic carbocycles. The van der Waals surface area contributed by atoms with Crippen LogP contribution in [0.5, 0.6) is 5.75 Å². The van der Waals surface area contributed by atoms with Gasteiger partial charge >= 0.3 is 5.97 Å². The molecular formula is C43H62O3. The van der Waals surface area contributed by atoms with Gasteiger partial charge in [-0.05, 0) is 72.7 Å². The van der Waals surface area contributed by atoms with E-state index in [9.17, 15) is 4.79 Å². The van der Waals surface area contributed by atoms with E-state index in [2.05, 4.69) is 45.0 Å². The number of aryl methyl sites for hydroxylation is 1. The van der Waals surface area contributed by atoms with Crippen molar-refractivity contribution in [3.8, 4) is 16.9 Å². The topological polar surface area (TPSA) is 35.5 Å². The number of ether oxygens (including phenoxy) is 2. The molecular weight excluding hydrogens is 564 g/mol. The van der Waals surface area contributed by atoms with Crippen LogP contribution in [-0.4, -0.2) is 12.6 Å². The lowest BCUT2D eigenvalue weighted by Crippen LogP contribution is -2.08. The molecule has 0 amide bonds. The SMILES string of the molecule is CCCCCCCCCCCCCCCc1ccc(-c2ccc(C(=O)Oc3ccc(C(C)OCCCCCCC)cc3)cc2)cc1. The fraction of sp³-hybridized carbons (Fsp3) is 0.558. The van der Waals surface area contributed by atoms with Crippen LogP contribution in [0.15, 0.2) is 72.8 Å². The highest BCUT2D eigenvalue weighted by Crippen LogP contribution is 2.24.